The van der Waals surface area contributed by atoms with E-state index in [1.807, 2.05) is 13.8 Å². The lowest BCUT2D eigenvalue weighted by atomic mass is 9.83. The molecule has 144 valence electrons. The predicted octanol–water partition coefficient (Wildman–Crippen LogP) is 4.72. The van der Waals surface area contributed by atoms with Crippen molar-refractivity contribution in [2.45, 2.75) is 65.5 Å². The molecule has 1 fully saturated rings. The number of rotatable bonds is 4. The van der Waals surface area contributed by atoms with Gasteiger partial charge in [-0.15, -0.1) is 0 Å². The SMILES string of the molecule is CC(C)=CCn1cc(C(=C(F)B2OC(C)(C)C(C)(C)O2)C(F)(F)F)cn1. The fourth-order valence-electron chi connectivity index (χ4n) is 2.37. The molecule has 0 bridgehead atoms. The van der Waals surface area contributed by atoms with Crippen LogP contribution in [0.1, 0.15) is 47.1 Å². The molecule has 0 unspecified atom stereocenters. The second-order valence-electron chi connectivity index (χ2n) is 7.54. The summed E-state index contributed by atoms with van der Waals surface area (Å²) in [7, 11) is -1.72. The van der Waals surface area contributed by atoms with Gasteiger partial charge in [0.15, 0.2) is 0 Å². The van der Waals surface area contributed by atoms with Gasteiger partial charge in [0, 0.05) is 11.8 Å². The van der Waals surface area contributed by atoms with Gasteiger partial charge in [-0.2, -0.15) is 18.3 Å². The van der Waals surface area contributed by atoms with Gasteiger partial charge in [0.25, 0.3) is 0 Å². The van der Waals surface area contributed by atoms with E-state index in [1.54, 1.807) is 33.8 Å². The van der Waals surface area contributed by atoms with E-state index in [-0.39, 0.29) is 5.56 Å². The van der Waals surface area contributed by atoms with Crippen molar-refractivity contribution in [2.24, 2.45) is 0 Å². The number of hydrogen-bond acceptors (Lipinski definition) is 3. The highest BCUT2D eigenvalue weighted by Gasteiger charge is 2.55. The Morgan fingerprint density at radius 1 is 1.19 bits per heavy atom. The third kappa shape index (κ3) is 4.20. The van der Waals surface area contributed by atoms with E-state index >= 15 is 0 Å². The average molecular weight is 374 g/mol. The first kappa shape index (κ1) is 20.7. The minimum absolute atomic E-state index is 0.297. The number of aromatic nitrogens is 2. The summed E-state index contributed by atoms with van der Waals surface area (Å²) < 4.78 is 67.7. The van der Waals surface area contributed by atoms with Gasteiger partial charge in [-0.3, -0.25) is 4.68 Å². The third-order valence-electron chi connectivity index (χ3n) is 4.59. The van der Waals surface area contributed by atoms with Crippen molar-refractivity contribution in [1.82, 2.24) is 9.78 Å². The number of nitrogens with zero attached hydrogens (tertiary/aromatic N) is 2. The summed E-state index contributed by atoms with van der Waals surface area (Å²) in [5.74, 6) is 0. The zero-order chi connectivity index (χ0) is 19.9. The van der Waals surface area contributed by atoms with E-state index in [2.05, 4.69) is 5.10 Å². The van der Waals surface area contributed by atoms with Crippen LogP contribution in [0.5, 0.6) is 0 Å². The van der Waals surface area contributed by atoms with Gasteiger partial charge in [-0.05, 0) is 41.5 Å². The highest BCUT2D eigenvalue weighted by molar-refractivity contribution is 6.55. The molecular formula is C17H23BF4N2O2. The van der Waals surface area contributed by atoms with Gasteiger partial charge in [-0.25, -0.2) is 4.39 Å². The van der Waals surface area contributed by atoms with Gasteiger partial charge in [-0.1, -0.05) is 11.6 Å². The fraction of sp³-hybridized carbons (Fsp3) is 0.588. The number of alkyl halides is 3. The highest BCUT2D eigenvalue weighted by Crippen LogP contribution is 2.43. The first-order valence-electron chi connectivity index (χ1n) is 8.23. The lowest BCUT2D eigenvalue weighted by Crippen LogP contribution is -2.41. The largest absolute Gasteiger partial charge is 0.525 e. The van der Waals surface area contributed by atoms with Gasteiger partial charge < -0.3 is 9.31 Å². The van der Waals surface area contributed by atoms with Crippen molar-refractivity contribution in [1.29, 1.82) is 0 Å². The quantitative estimate of drug-likeness (QED) is 0.435. The van der Waals surface area contributed by atoms with E-state index < -0.39 is 35.8 Å². The van der Waals surface area contributed by atoms with Crippen molar-refractivity contribution >= 4 is 12.7 Å². The highest BCUT2D eigenvalue weighted by atomic mass is 19.4. The van der Waals surface area contributed by atoms with Crippen molar-refractivity contribution in [3.05, 3.63) is 35.3 Å². The summed E-state index contributed by atoms with van der Waals surface area (Å²) in [4.78, 5) is 0. The molecule has 4 nitrogen and oxygen atoms in total. The Kier molecular flexibility index (Phi) is 5.45. The maximum Gasteiger partial charge on any atom is 0.525 e. The standard InChI is InChI=1S/C17H23BF4N2O2/c1-11(2)7-8-24-10-12(9-23-24)13(17(20,21)22)14(19)18-25-15(3,4)16(5,6)26-18/h7,9-10H,8H2,1-6H3. The Labute approximate surface area is 151 Å². The van der Waals surface area contributed by atoms with Crippen LogP contribution in [0.3, 0.4) is 0 Å². The molecule has 9 heteroatoms. The topological polar surface area (TPSA) is 36.3 Å². The Balaban J connectivity index is 2.42. The molecule has 0 saturated carbocycles. The third-order valence-corrected chi connectivity index (χ3v) is 4.59. The lowest BCUT2D eigenvalue weighted by Gasteiger charge is -2.32. The van der Waals surface area contributed by atoms with Gasteiger partial charge in [0.1, 0.15) is 5.73 Å². The van der Waals surface area contributed by atoms with E-state index in [9.17, 15) is 17.6 Å². The Morgan fingerprint density at radius 3 is 2.19 bits per heavy atom. The van der Waals surface area contributed by atoms with Gasteiger partial charge in [0.2, 0.25) is 0 Å². The molecule has 0 atom stereocenters. The predicted molar refractivity (Wildman–Crippen MR) is 91.8 cm³/mol. The maximum atomic E-state index is 14.8. The molecule has 1 aromatic heterocycles. The molecule has 0 spiro atoms. The Bertz CT molecular complexity index is 715. The summed E-state index contributed by atoms with van der Waals surface area (Å²) in [6.45, 7) is 10.6. The van der Waals surface area contributed by atoms with Crippen LogP contribution in [0.2, 0.25) is 0 Å². The molecule has 1 aliphatic heterocycles. The van der Waals surface area contributed by atoms with Crippen molar-refractivity contribution in [2.75, 3.05) is 0 Å². The van der Waals surface area contributed by atoms with Crippen molar-refractivity contribution < 1.29 is 26.9 Å². The number of allylic oxidation sites excluding steroid dienone is 3. The van der Waals surface area contributed by atoms with Crippen LogP contribution < -0.4 is 0 Å². The maximum absolute atomic E-state index is 14.8. The summed E-state index contributed by atoms with van der Waals surface area (Å²) >= 11 is 0. The minimum Gasteiger partial charge on any atom is -0.398 e. The van der Waals surface area contributed by atoms with Crippen LogP contribution in [0, 0.1) is 0 Å². The molecule has 0 radical (unpaired) electrons. The molecule has 26 heavy (non-hydrogen) atoms. The van der Waals surface area contributed by atoms with Crippen LogP contribution in [-0.2, 0) is 15.9 Å². The average Bonchev–Trinajstić information content (AvgIpc) is 2.98. The number of halogens is 4. The monoisotopic (exact) mass is 374 g/mol. The normalized spacial score (nSPS) is 20.2. The summed E-state index contributed by atoms with van der Waals surface area (Å²) in [6, 6.07) is 0. The molecule has 1 aromatic rings. The van der Waals surface area contributed by atoms with Crippen LogP contribution in [0.25, 0.3) is 5.57 Å². The van der Waals surface area contributed by atoms with Gasteiger partial charge in [0.05, 0.1) is 29.5 Å². The Morgan fingerprint density at radius 2 is 1.73 bits per heavy atom. The van der Waals surface area contributed by atoms with Gasteiger partial charge >= 0.3 is 13.3 Å². The summed E-state index contributed by atoms with van der Waals surface area (Å²) in [5.41, 5.74) is -4.19. The fourth-order valence-corrected chi connectivity index (χ4v) is 2.37. The summed E-state index contributed by atoms with van der Waals surface area (Å²) in [5, 5.41) is 3.88. The molecule has 0 N–H and O–H groups in total. The van der Waals surface area contributed by atoms with Crippen LogP contribution in [0.15, 0.2) is 29.8 Å². The Hall–Kier alpha value is -1.61. The molecule has 2 rings (SSSR count). The summed E-state index contributed by atoms with van der Waals surface area (Å²) in [6.07, 6.45) is -0.962. The number of hydrogen-bond donors (Lipinski definition) is 0. The second kappa shape index (κ2) is 6.85. The molecule has 2 heterocycles. The van der Waals surface area contributed by atoms with E-state index in [0.717, 1.165) is 18.0 Å². The minimum atomic E-state index is -4.92. The molecule has 1 saturated heterocycles. The molecular weight excluding hydrogens is 351 g/mol. The smallest absolute Gasteiger partial charge is 0.398 e. The molecule has 1 aliphatic rings. The van der Waals surface area contributed by atoms with E-state index in [0.29, 0.717) is 6.54 Å². The first-order chi connectivity index (χ1) is 11.7. The second-order valence-corrected chi connectivity index (χ2v) is 7.54. The van der Waals surface area contributed by atoms with E-state index in [4.69, 9.17) is 9.31 Å². The van der Waals surface area contributed by atoms with Crippen molar-refractivity contribution in [3.8, 4) is 0 Å². The van der Waals surface area contributed by atoms with Crippen LogP contribution >= 0.6 is 0 Å². The van der Waals surface area contributed by atoms with E-state index in [1.165, 1.54) is 4.68 Å². The molecule has 0 amide bonds. The lowest BCUT2D eigenvalue weighted by molar-refractivity contribution is -0.0699. The van der Waals surface area contributed by atoms with Crippen LogP contribution in [0.4, 0.5) is 17.6 Å². The first-order valence-corrected chi connectivity index (χ1v) is 8.23. The zero-order valence-electron chi connectivity index (χ0n) is 15.7. The van der Waals surface area contributed by atoms with Crippen LogP contribution in [-0.4, -0.2) is 34.3 Å². The molecule has 0 aromatic carbocycles. The zero-order valence-corrected chi connectivity index (χ0v) is 15.7. The molecule has 0 aliphatic carbocycles. The van der Waals surface area contributed by atoms with Crippen molar-refractivity contribution in [3.63, 3.8) is 0 Å².